The van der Waals surface area contributed by atoms with Gasteiger partial charge in [0.15, 0.2) is 0 Å². The molecule has 11 atom stereocenters. The molecule has 11 rings (SSSR count). The first kappa shape index (κ1) is 92.8. The minimum Gasteiger partial charge on any atom is -0.463 e. The Balaban J connectivity index is 0. The lowest BCUT2D eigenvalue weighted by molar-refractivity contribution is -0.119. The summed E-state index contributed by atoms with van der Waals surface area (Å²) in [5, 5.41) is 14.8. The molecule has 0 radical (unpaired) electrons. The van der Waals surface area contributed by atoms with E-state index in [1.54, 1.807) is 0 Å². The molecular weight excluding hydrogens is 1220 g/mol. The lowest BCUT2D eigenvalue weighted by atomic mass is 9.68. The second-order valence-corrected chi connectivity index (χ2v) is 35.5. The van der Waals surface area contributed by atoms with Gasteiger partial charge in [0.05, 0.1) is 87.1 Å². The van der Waals surface area contributed by atoms with E-state index in [1.165, 1.54) is 32.1 Å². The smallest absolute Gasteiger partial charge is 0.407 e. The lowest BCUT2D eigenvalue weighted by Crippen LogP contribution is -2.46. The van der Waals surface area contributed by atoms with E-state index in [4.69, 9.17) is 62.8 Å². The summed E-state index contributed by atoms with van der Waals surface area (Å²) < 4.78 is 36.2. The quantitative estimate of drug-likeness (QED) is 0.109. The number of nitrogens with two attached hydrogens (primary N) is 6. The van der Waals surface area contributed by atoms with Crippen LogP contribution in [-0.2, 0) is 38.0 Å². The van der Waals surface area contributed by atoms with Crippen LogP contribution in [0.4, 0.5) is 4.79 Å². The molecule has 9 fully saturated rings. The van der Waals surface area contributed by atoms with Gasteiger partial charge in [-0.1, -0.05) is 145 Å². The van der Waals surface area contributed by atoms with Crippen LogP contribution in [-0.4, -0.2) is 161 Å². The largest absolute Gasteiger partial charge is 0.463 e. The van der Waals surface area contributed by atoms with Crippen molar-refractivity contribution < 1.29 is 47.9 Å². The average molecular weight is 1370 g/mol. The summed E-state index contributed by atoms with van der Waals surface area (Å²) >= 11 is 0. The highest BCUT2D eigenvalue weighted by Crippen LogP contribution is 2.40. The van der Waals surface area contributed by atoms with Crippen molar-refractivity contribution in [2.24, 2.45) is 105 Å². The number of nitrogens with one attached hydrogen (secondary N) is 2. The molecule has 0 aromatic heterocycles. The van der Waals surface area contributed by atoms with Gasteiger partial charge >= 0.3 is 6.09 Å². The summed E-state index contributed by atoms with van der Waals surface area (Å²) in [7, 11) is 0. The summed E-state index contributed by atoms with van der Waals surface area (Å²) in [6.07, 6.45) is 8.77. The number of nitrogens with zero attached hydrogens (tertiary/aromatic N) is 2. The van der Waals surface area contributed by atoms with Gasteiger partial charge in [0.1, 0.15) is 13.2 Å². The van der Waals surface area contributed by atoms with Crippen LogP contribution in [0.2, 0.25) is 0 Å². The third-order valence-corrected chi connectivity index (χ3v) is 20.7. The molecule has 9 heterocycles. The molecule has 11 aliphatic rings. The molecule has 9 aliphatic heterocycles. The van der Waals surface area contributed by atoms with Crippen LogP contribution >= 0.6 is 27.0 Å². The van der Waals surface area contributed by atoms with Crippen molar-refractivity contribution in [3.8, 4) is 0 Å². The number of aliphatic hydroxyl groups is 1. The topological polar surface area (TPSA) is 324 Å². The molecule has 0 aromatic carbocycles. The number of cyclic esters (lactones) is 1. The number of rotatable bonds is 0. The van der Waals surface area contributed by atoms with Gasteiger partial charge in [-0.15, -0.1) is 0 Å². The number of carbonyl (C=O) groups excluding carboxylic acids is 2. The van der Waals surface area contributed by atoms with Crippen molar-refractivity contribution in [3.05, 3.63) is 0 Å². The van der Waals surface area contributed by atoms with Gasteiger partial charge in [0.25, 0.3) is 6.02 Å². The first-order valence-electron chi connectivity index (χ1n) is 34.2. The van der Waals surface area contributed by atoms with Crippen LogP contribution < -0.4 is 45.0 Å². The third-order valence-electron chi connectivity index (χ3n) is 20.7. The number of amides is 2. The molecule has 9 unspecified atom stereocenters. The summed E-state index contributed by atoms with van der Waals surface area (Å²) in [4.78, 5) is 28.9. The van der Waals surface area contributed by atoms with Gasteiger partial charge in [-0.2, -0.15) is 27.0 Å². The zero-order valence-corrected chi connectivity index (χ0v) is 66.4. The summed E-state index contributed by atoms with van der Waals surface area (Å²) in [6, 6.07) is 1.70. The Morgan fingerprint density at radius 2 is 0.968 bits per heavy atom. The first-order chi connectivity index (χ1) is 41.0. The van der Waals surface area contributed by atoms with Gasteiger partial charge in [-0.3, -0.25) is 9.79 Å². The summed E-state index contributed by atoms with van der Waals surface area (Å²) in [6.45, 7) is 67.3. The molecule has 15 N–H and O–H groups in total. The van der Waals surface area contributed by atoms with E-state index in [9.17, 15) is 14.7 Å². The zero-order chi connectivity index (χ0) is 71.0. The number of hydrogen-bond donors (Lipinski definition) is 9. The van der Waals surface area contributed by atoms with Crippen molar-refractivity contribution >= 4 is 50.8 Å². The van der Waals surface area contributed by atoms with Gasteiger partial charge < -0.3 is 83.3 Å². The molecule has 20 nitrogen and oxygen atoms in total. The second kappa shape index (κ2) is 37.8. The van der Waals surface area contributed by atoms with Crippen molar-refractivity contribution in [1.82, 2.24) is 10.6 Å². The van der Waals surface area contributed by atoms with Crippen molar-refractivity contribution in [1.29, 1.82) is 0 Å². The maximum Gasteiger partial charge on any atom is 0.407 e. The Labute approximate surface area is 582 Å². The molecule has 0 spiro atoms. The normalized spacial score (nSPS) is 33.5. The number of aliphatic hydroxyl groups excluding tert-OH is 1. The number of hydrogen-bond acceptors (Lipinski definition) is 18. The minimum atomic E-state index is -0.310. The standard InChI is InChI=1S/2C8H16O.C7H15NO.C7H15N.C7H14O2.C6H12N2.C6H13NO.C6H11NO.C6H13N.C5H10N2O.C5H9NO2.2H2S/c2*1-6-7(2)9-5-8(6,3)4;1-5-6(8)7(2,3)4-9-5;1-7(2)5-3-4-6(7)8;1-5-6(8)7(2,3)4-9-5;1-6(2)3-4-8-5(6)7;1-6(2)4-8-3-5(6)7;1-6(2)3-5(8)7-4-6;1-6(2)4-3-5(6)7;1-5(2)3-8-4(6)7-5;1-5(2)3-8-4(7)6-5;;/h2*6-7H,5H2,1-4H3;5-6H,4,8H2,1-3H3;6H,3-5,8H2,1-2H3;5-6,8H,4H2,1-3H3;3-4H2,1-2H3,(H2,7,8);5H,3-4,7H2,1-2H3;3-4H2,1-2H3,(H,7,8);5H,3-4,7H2,1-2H3;3H2,1-2H3,(H2,6,7);3H2,1-2H3,(H,6,7);2*1H2/t6-,7+;;;;;;;;;;;;/m1............/s1. The SMILES string of the molecule is CC1(C)CCC1N.CC1(C)CCCC1N.CC1(C)CCN=C1N.CC1(C)CNC(=O)C1.CC1(C)COC(=O)N1.CC1(C)COC(N)=N1.CC1(C)COCC1N.CC1OCC(C)(C)C1C.CC1OCC(C)(C)C1N.CC1OCC(C)(C)C1O.C[C@@H]1OCC(C)(C)[C@@H]1C.S.S. The first-order valence-corrected chi connectivity index (χ1v) is 34.2. The van der Waals surface area contributed by atoms with Gasteiger partial charge in [-0.05, 0) is 126 Å². The van der Waals surface area contributed by atoms with Crippen molar-refractivity contribution in [2.45, 2.75) is 305 Å². The number of alkyl carbamates (subject to hydrolysis) is 1. The number of carbonyl (C=O) groups is 2. The van der Waals surface area contributed by atoms with Gasteiger partial charge in [-0.25, -0.2) is 9.79 Å². The van der Waals surface area contributed by atoms with E-state index >= 15 is 0 Å². The van der Waals surface area contributed by atoms with E-state index < -0.39 is 0 Å². The van der Waals surface area contributed by atoms with E-state index in [-0.39, 0.29) is 108 Å². The number of ether oxygens (including phenoxy) is 7. The minimum absolute atomic E-state index is 0. The molecule has 2 amide bonds. The molecule has 93 heavy (non-hydrogen) atoms. The molecule has 2 saturated carbocycles. The van der Waals surface area contributed by atoms with E-state index in [1.807, 2.05) is 55.4 Å². The Morgan fingerprint density at radius 1 is 0.505 bits per heavy atom. The summed E-state index contributed by atoms with van der Waals surface area (Å²) in [5.41, 5.74) is 36.0. The zero-order valence-electron chi connectivity index (χ0n) is 64.4. The monoisotopic (exact) mass is 1370 g/mol. The highest BCUT2D eigenvalue weighted by atomic mass is 32.1. The van der Waals surface area contributed by atoms with Gasteiger partial charge in [0.2, 0.25) is 5.91 Å². The fraction of sp³-hybridized carbons (Fsp3) is 0.944. The Hall–Kier alpha value is -2.22. The van der Waals surface area contributed by atoms with E-state index in [2.05, 4.69) is 164 Å². The molecule has 22 heteroatoms. The van der Waals surface area contributed by atoms with Crippen molar-refractivity contribution in [2.75, 3.05) is 65.9 Å². The third kappa shape index (κ3) is 32.6. The maximum atomic E-state index is 10.5. The highest BCUT2D eigenvalue weighted by Gasteiger charge is 2.42. The fourth-order valence-electron chi connectivity index (χ4n) is 10.8. The molecule has 0 aromatic rings. The van der Waals surface area contributed by atoms with E-state index in [0.29, 0.717) is 90.1 Å². The predicted octanol–water partition coefficient (Wildman–Crippen LogP) is 10.9. The van der Waals surface area contributed by atoms with Crippen LogP contribution in [0.25, 0.3) is 0 Å². The van der Waals surface area contributed by atoms with Crippen LogP contribution in [0.1, 0.15) is 239 Å². The Bertz CT molecular complexity index is 2090. The van der Waals surface area contributed by atoms with Crippen molar-refractivity contribution in [3.63, 3.8) is 0 Å². The molecule has 2 aliphatic carbocycles. The van der Waals surface area contributed by atoms with Crippen LogP contribution in [0.15, 0.2) is 9.98 Å². The Morgan fingerprint density at radius 3 is 1.06 bits per heavy atom. The second-order valence-electron chi connectivity index (χ2n) is 35.5. The number of amidine groups is 2. The van der Waals surface area contributed by atoms with Gasteiger partial charge in [0, 0.05) is 65.3 Å². The average Bonchev–Trinajstić information content (AvgIpc) is 1.81. The highest BCUT2D eigenvalue weighted by molar-refractivity contribution is 7.59. The predicted molar refractivity (Wildman–Crippen MR) is 396 cm³/mol. The number of aliphatic imine (C=N–C) groups is 2. The van der Waals surface area contributed by atoms with E-state index in [0.717, 1.165) is 58.4 Å². The van der Waals surface area contributed by atoms with Crippen LogP contribution in [0.5, 0.6) is 0 Å². The fourth-order valence-corrected chi connectivity index (χ4v) is 10.8. The lowest BCUT2D eigenvalue weighted by Gasteiger charge is -2.41. The maximum absolute atomic E-state index is 10.5. The molecule has 7 saturated heterocycles. The van der Waals surface area contributed by atoms with Crippen LogP contribution in [0, 0.1) is 60.6 Å². The van der Waals surface area contributed by atoms with Crippen LogP contribution in [0.3, 0.4) is 0 Å². The molecular formula is C71H148N10O10S2. The summed E-state index contributed by atoms with van der Waals surface area (Å²) in [5.74, 6) is 2.42. The molecule has 0 bridgehead atoms. The Kier molecular flexibility index (Phi) is 37.8. The molecule has 554 valence electrons.